The first kappa shape index (κ1) is 16.0. The van der Waals surface area contributed by atoms with Crippen LogP contribution >= 0.6 is 23.1 Å². The molecule has 0 spiro atoms. The van der Waals surface area contributed by atoms with Crippen molar-refractivity contribution in [3.8, 4) is 5.75 Å². The van der Waals surface area contributed by atoms with Gasteiger partial charge in [0.2, 0.25) is 5.89 Å². The lowest BCUT2D eigenvalue weighted by Gasteiger charge is -2.00. The summed E-state index contributed by atoms with van der Waals surface area (Å²) >= 11 is 3.01. The molecule has 0 saturated carbocycles. The molecule has 0 aliphatic heterocycles. The number of hydrogen-bond donors (Lipinski definition) is 0. The normalized spacial score (nSPS) is 11.1. The number of rotatable bonds is 5. The van der Waals surface area contributed by atoms with Gasteiger partial charge in [0.25, 0.3) is 5.22 Å². The zero-order chi connectivity index (χ0) is 17.2. The van der Waals surface area contributed by atoms with E-state index < -0.39 is 0 Å². The molecule has 3 heterocycles. The lowest BCUT2D eigenvalue weighted by molar-refractivity contribution is 0.413. The van der Waals surface area contributed by atoms with E-state index in [-0.39, 0.29) is 0 Å². The van der Waals surface area contributed by atoms with Gasteiger partial charge in [0.15, 0.2) is 0 Å². The zero-order valence-electron chi connectivity index (χ0n) is 13.6. The SMILES string of the molecule is COc1ccc(Cc2nnc(Sc3ncnc4sc(C)cc34)o2)cc1. The summed E-state index contributed by atoms with van der Waals surface area (Å²) in [7, 11) is 1.65. The van der Waals surface area contributed by atoms with Gasteiger partial charge in [-0.05, 0) is 42.4 Å². The molecule has 0 unspecified atom stereocenters. The molecule has 6 nitrogen and oxygen atoms in total. The van der Waals surface area contributed by atoms with Crippen molar-refractivity contribution in [2.45, 2.75) is 23.6 Å². The number of aromatic nitrogens is 4. The van der Waals surface area contributed by atoms with E-state index in [9.17, 15) is 0 Å². The number of benzene rings is 1. The minimum absolute atomic E-state index is 0.479. The number of hydrogen-bond acceptors (Lipinski definition) is 8. The van der Waals surface area contributed by atoms with Crippen molar-refractivity contribution in [1.82, 2.24) is 20.2 Å². The van der Waals surface area contributed by atoms with Gasteiger partial charge in [-0.25, -0.2) is 9.97 Å². The summed E-state index contributed by atoms with van der Waals surface area (Å²) < 4.78 is 10.9. The predicted molar refractivity (Wildman–Crippen MR) is 96.4 cm³/mol. The molecule has 126 valence electrons. The number of fused-ring (bicyclic) bond motifs is 1. The summed E-state index contributed by atoms with van der Waals surface area (Å²) in [5, 5.41) is 10.6. The van der Waals surface area contributed by atoms with Gasteiger partial charge >= 0.3 is 0 Å². The van der Waals surface area contributed by atoms with E-state index in [1.807, 2.05) is 24.3 Å². The molecular weight excluding hydrogens is 356 g/mol. The molecule has 4 aromatic rings. The molecule has 0 radical (unpaired) electrons. The van der Waals surface area contributed by atoms with Crippen LogP contribution < -0.4 is 4.74 Å². The standard InChI is InChI=1S/C17H14N4O2S2/c1-10-7-13-15(24-10)18-9-19-16(13)25-17-21-20-14(23-17)8-11-3-5-12(22-2)6-4-11/h3-7,9H,8H2,1-2H3. The second-order valence-corrected chi connectivity index (χ2v) is 7.52. The van der Waals surface area contributed by atoms with Crippen LogP contribution in [-0.4, -0.2) is 27.3 Å². The summed E-state index contributed by atoms with van der Waals surface area (Å²) in [6.45, 7) is 2.06. The smallest absolute Gasteiger partial charge is 0.282 e. The number of methoxy groups -OCH3 is 1. The Labute approximate surface area is 152 Å². The van der Waals surface area contributed by atoms with Crippen molar-refractivity contribution in [1.29, 1.82) is 0 Å². The quantitative estimate of drug-likeness (QED) is 0.489. The van der Waals surface area contributed by atoms with Crippen molar-refractivity contribution in [3.05, 3.63) is 53.0 Å². The van der Waals surface area contributed by atoms with E-state index in [0.29, 0.717) is 17.5 Å². The third-order valence-corrected chi connectivity index (χ3v) is 5.38. The average Bonchev–Trinajstić information content (AvgIpc) is 3.22. The predicted octanol–water partition coefficient (Wildman–Crippen LogP) is 4.13. The van der Waals surface area contributed by atoms with Crippen LogP contribution in [0.5, 0.6) is 5.75 Å². The first-order valence-corrected chi connectivity index (χ1v) is 9.19. The third-order valence-electron chi connectivity index (χ3n) is 3.56. The Bertz CT molecular complexity index is 1010. The Morgan fingerprint density at radius 2 is 2.00 bits per heavy atom. The Morgan fingerprint density at radius 3 is 2.80 bits per heavy atom. The highest BCUT2D eigenvalue weighted by Crippen LogP contribution is 2.33. The molecule has 0 atom stereocenters. The summed E-state index contributed by atoms with van der Waals surface area (Å²) in [6.07, 6.45) is 2.14. The molecule has 0 N–H and O–H groups in total. The van der Waals surface area contributed by atoms with Gasteiger partial charge in [-0.1, -0.05) is 12.1 Å². The fourth-order valence-electron chi connectivity index (χ4n) is 2.39. The molecule has 1 aromatic carbocycles. The monoisotopic (exact) mass is 370 g/mol. The topological polar surface area (TPSA) is 73.9 Å². The summed E-state index contributed by atoms with van der Waals surface area (Å²) in [6, 6.07) is 9.88. The molecule has 0 bridgehead atoms. The van der Waals surface area contributed by atoms with E-state index in [2.05, 4.69) is 33.2 Å². The van der Waals surface area contributed by atoms with E-state index in [1.54, 1.807) is 24.8 Å². The van der Waals surface area contributed by atoms with Crippen LogP contribution in [0.4, 0.5) is 0 Å². The molecule has 25 heavy (non-hydrogen) atoms. The maximum Gasteiger partial charge on any atom is 0.282 e. The fourth-order valence-corrected chi connectivity index (χ4v) is 4.05. The van der Waals surface area contributed by atoms with Gasteiger partial charge in [0, 0.05) is 10.3 Å². The second kappa shape index (κ2) is 6.81. The number of aryl methyl sites for hydroxylation is 1. The molecule has 4 rings (SSSR count). The first-order valence-electron chi connectivity index (χ1n) is 7.55. The fraction of sp³-hybridized carbons (Fsp3) is 0.176. The summed E-state index contributed by atoms with van der Waals surface area (Å²) in [5.41, 5.74) is 1.08. The minimum Gasteiger partial charge on any atom is -0.497 e. The van der Waals surface area contributed by atoms with Crippen LogP contribution in [0.25, 0.3) is 10.2 Å². The van der Waals surface area contributed by atoms with Crippen LogP contribution in [0.2, 0.25) is 0 Å². The maximum atomic E-state index is 5.76. The van der Waals surface area contributed by atoms with Crippen molar-refractivity contribution in [2.24, 2.45) is 0 Å². The molecular formula is C17H14N4O2S2. The highest BCUT2D eigenvalue weighted by molar-refractivity contribution is 7.99. The van der Waals surface area contributed by atoms with E-state index in [4.69, 9.17) is 9.15 Å². The zero-order valence-corrected chi connectivity index (χ0v) is 15.2. The number of ether oxygens (including phenoxy) is 1. The molecule has 8 heteroatoms. The van der Waals surface area contributed by atoms with Crippen molar-refractivity contribution >= 4 is 33.3 Å². The van der Waals surface area contributed by atoms with E-state index in [0.717, 1.165) is 26.6 Å². The van der Waals surface area contributed by atoms with Crippen molar-refractivity contribution < 1.29 is 9.15 Å². The Kier molecular flexibility index (Phi) is 4.37. The highest BCUT2D eigenvalue weighted by Gasteiger charge is 2.13. The summed E-state index contributed by atoms with van der Waals surface area (Å²) in [5.74, 6) is 1.39. The molecule has 0 aliphatic carbocycles. The van der Waals surface area contributed by atoms with Gasteiger partial charge in [-0.15, -0.1) is 21.5 Å². The third kappa shape index (κ3) is 3.49. The number of nitrogens with zero attached hydrogens (tertiary/aromatic N) is 4. The number of thiophene rings is 1. The maximum absolute atomic E-state index is 5.76. The first-order chi connectivity index (χ1) is 12.2. The molecule has 0 saturated heterocycles. The van der Waals surface area contributed by atoms with E-state index in [1.165, 1.54) is 16.6 Å². The highest BCUT2D eigenvalue weighted by atomic mass is 32.2. The largest absolute Gasteiger partial charge is 0.497 e. The molecule has 3 aromatic heterocycles. The Morgan fingerprint density at radius 1 is 1.16 bits per heavy atom. The molecule has 0 fully saturated rings. The van der Waals surface area contributed by atoms with Crippen LogP contribution in [0, 0.1) is 6.92 Å². The molecule has 0 aliphatic rings. The van der Waals surface area contributed by atoms with Crippen LogP contribution in [0.1, 0.15) is 16.3 Å². The van der Waals surface area contributed by atoms with Crippen LogP contribution in [-0.2, 0) is 6.42 Å². The summed E-state index contributed by atoms with van der Waals surface area (Å²) in [4.78, 5) is 10.8. The average molecular weight is 370 g/mol. The van der Waals surface area contributed by atoms with Crippen molar-refractivity contribution in [2.75, 3.05) is 7.11 Å². The van der Waals surface area contributed by atoms with Crippen LogP contribution in [0.3, 0.4) is 0 Å². The lowest BCUT2D eigenvalue weighted by Crippen LogP contribution is -1.89. The van der Waals surface area contributed by atoms with Crippen LogP contribution in [0.15, 0.2) is 51.3 Å². The minimum atomic E-state index is 0.479. The van der Waals surface area contributed by atoms with Gasteiger partial charge in [0.1, 0.15) is 21.9 Å². The van der Waals surface area contributed by atoms with Gasteiger partial charge in [-0.2, -0.15) is 0 Å². The van der Waals surface area contributed by atoms with Gasteiger partial charge in [0.05, 0.1) is 13.5 Å². The second-order valence-electron chi connectivity index (χ2n) is 5.34. The van der Waals surface area contributed by atoms with E-state index >= 15 is 0 Å². The van der Waals surface area contributed by atoms with Crippen molar-refractivity contribution in [3.63, 3.8) is 0 Å². The molecule has 0 amide bonds. The van der Waals surface area contributed by atoms with Gasteiger partial charge in [-0.3, -0.25) is 0 Å². The van der Waals surface area contributed by atoms with Gasteiger partial charge < -0.3 is 9.15 Å². The Balaban J connectivity index is 1.52. The Hall–Kier alpha value is -2.45. The lowest BCUT2D eigenvalue weighted by atomic mass is 10.1.